The molecular weight excluding hydrogens is 240 g/mol. The Hall–Kier alpha value is -1.19. The summed E-state index contributed by atoms with van der Waals surface area (Å²) in [4.78, 5) is 14.6. The summed E-state index contributed by atoms with van der Waals surface area (Å²) in [6, 6.07) is 0. The predicted octanol–water partition coefficient (Wildman–Crippen LogP) is 3.26. The molecule has 0 radical (unpaired) electrons. The number of rotatable bonds is 11. The van der Waals surface area contributed by atoms with E-state index >= 15 is 0 Å². The van der Waals surface area contributed by atoms with Crippen molar-refractivity contribution >= 4 is 5.97 Å². The molecule has 1 aliphatic heterocycles. The lowest BCUT2D eigenvalue weighted by atomic mass is 10.1. The highest BCUT2D eigenvalue weighted by Gasteiger charge is 2.13. The molecule has 0 saturated heterocycles. The van der Waals surface area contributed by atoms with E-state index in [4.69, 9.17) is 5.11 Å². The molecular formula is C15H28N2O2. The van der Waals surface area contributed by atoms with Crippen molar-refractivity contribution in [3.05, 3.63) is 12.4 Å². The Morgan fingerprint density at radius 1 is 1.00 bits per heavy atom. The van der Waals surface area contributed by atoms with Crippen molar-refractivity contribution in [2.75, 3.05) is 19.8 Å². The van der Waals surface area contributed by atoms with Crippen LogP contribution in [-0.4, -0.2) is 40.6 Å². The first-order chi connectivity index (χ1) is 9.22. The van der Waals surface area contributed by atoms with Crippen LogP contribution in [0.5, 0.6) is 0 Å². The summed E-state index contributed by atoms with van der Waals surface area (Å²) < 4.78 is 0. The zero-order valence-electron chi connectivity index (χ0n) is 12.2. The van der Waals surface area contributed by atoms with Crippen LogP contribution < -0.4 is 0 Å². The zero-order chi connectivity index (χ0) is 13.9. The topological polar surface area (TPSA) is 43.8 Å². The van der Waals surface area contributed by atoms with Crippen LogP contribution in [0.4, 0.5) is 0 Å². The summed E-state index contributed by atoms with van der Waals surface area (Å²) in [6.45, 7) is 4.12. The normalized spacial score (nSPS) is 14.4. The second-order valence-corrected chi connectivity index (χ2v) is 5.37. The lowest BCUT2D eigenvalue weighted by Crippen LogP contribution is -2.29. The van der Waals surface area contributed by atoms with Gasteiger partial charge in [0.15, 0.2) is 0 Å². The van der Waals surface area contributed by atoms with E-state index in [0.717, 1.165) is 13.2 Å². The predicted molar refractivity (Wildman–Crippen MR) is 77.7 cm³/mol. The Bertz CT molecular complexity index is 279. The van der Waals surface area contributed by atoms with Gasteiger partial charge in [0.05, 0.1) is 6.67 Å². The van der Waals surface area contributed by atoms with Crippen LogP contribution in [0.1, 0.15) is 58.3 Å². The third kappa shape index (κ3) is 7.75. The Balaban J connectivity index is 1.91. The average Bonchev–Trinajstić information content (AvgIpc) is 2.79. The molecule has 0 aliphatic carbocycles. The standard InChI is InChI=1S/C15H28N2O2/c1-2-3-4-5-6-7-8-9-10-16-11-12-17(14-16)13-15(18)19/h11-12H,2-10,13-14H2,1H3,(H,18,19). The molecule has 0 aromatic rings. The van der Waals surface area contributed by atoms with Crippen LogP contribution in [0.3, 0.4) is 0 Å². The summed E-state index contributed by atoms with van der Waals surface area (Å²) in [5.41, 5.74) is 0. The van der Waals surface area contributed by atoms with Gasteiger partial charge < -0.3 is 14.9 Å². The van der Waals surface area contributed by atoms with E-state index in [-0.39, 0.29) is 6.54 Å². The van der Waals surface area contributed by atoms with E-state index in [2.05, 4.69) is 11.8 Å². The third-order valence-corrected chi connectivity index (χ3v) is 3.49. The van der Waals surface area contributed by atoms with Gasteiger partial charge in [-0.05, 0) is 6.42 Å². The number of carbonyl (C=O) groups is 1. The highest BCUT2D eigenvalue weighted by atomic mass is 16.4. The molecule has 0 atom stereocenters. The van der Waals surface area contributed by atoms with Crippen molar-refractivity contribution < 1.29 is 9.90 Å². The van der Waals surface area contributed by atoms with E-state index in [0.29, 0.717) is 0 Å². The minimum absolute atomic E-state index is 0.102. The van der Waals surface area contributed by atoms with Gasteiger partial charge in [-0.2, -0.15) is 0 Å². The number of carboxylic acids is 1. The van der Waals surface area contributed by atoms with E-state index in [1.807, 2.05) is 17.3 Å². The molecule has 1 rings (SSSR count). The van der Waals surface area contributed by atoms with E-state index in [9.17, 15) is 4.79 Å². The van der Waals surface area contributed by atoms with Gasteiger partial charge in [-0.3, -0.25) is 4.79 Å². The number of hydrogen-bond donors (Lipinski definition) is 1. The summed E-state index contributed by atoms with van der Waals surface area (Å²) in [5.74, 6) is -0.765. The van der Waals surface area contributed by atoms with Crippen molar-refractivity contribution in [2.45, 2.75) is 58.3 Å². The van der Waals surface area contributed by atoms with E-state index < -0.39 is 5.97 Å². The fourth-order valence-electron chi connectivity index (χ4n) is 2.39. The number of unbranched alkanes of at least 4 members (excludes halogenated alkanes) is 7. The van der Waals surface area contributed by atoms with Crippen molar-refractivity contribution in [3.8, 4) is 0 Å². The summed E-state index contributed by atoms with van der Waals surface area (Å²) in [6.07, 6.45) is 14.5. The zero-order valence-corrected chi connectivity index (χ0v) is 12.2. The minimum atomic E-state index is -0.765. The van der Waals surface area contributed by atoms with Gasteiger partial charge in [0.1, 0.15) is 6.54 Å². The molecule has 1 aliphatic rings. The summed E-state index contributed by atoms with van der Waals surface area (Å²) in [7, 11) is 0. The van der Waals surface area contributed by atoms with Crippen LogP contribution in [0.2, 0.25) is 0 Å². The Morgan fingerprint density at radius 3 is 2.21 bits per heavy atom. The maximum Gasteiger partial charge on any atom is 0.323 e. The first kappa shape index (κ1) is 15.9. The molecule has 0 spiro atoms. The minimum Gasteiger partial charge on any atom is -0.480 e. The molecule has 0 bridgehead atoms. The van der Waals surface area contributed by atoms with Crippen LogP contribution in [0.25, 0.3) is 0 Å². The number of carboxylic acid groups (broad SMARTS) is 1. The number of aliphatic carboxylic acids is 1. The molecule has 19 heavy (non-hydrogen) atoms. The second-order valence-electron chi connectivity index (χ2n) is 5.37. The lowest BCUT2D eigenvalue weighted by Gasteiger charge is -2.19. The molecule has 0 fully saturated rings. The number of nitrogens with zero attached hydrogens (tertiary/aromatic N) is 2. The Morgan fingerprint density at radius 2 is 1.58 bits per heavy atom. The molecule has 4 heteroatoms. The van der Waals surface area contributed by atoms with E-state index in [1.54, 1.807) is 0 Å². The lowest BCUT2D eigenvalue weighted by molar-refractivity contribution is -0.137. The molecule has 0 saturated carbocycles. The van der Waals surface area contributed by atoms with Crippen LogP contribution in [-0.2, 0) is 4.79 Å². The largest absolute Gasteiger partial charge is 0.480 e. The maximum atomic E-state index is 10.6. The second kappa shape index (κ2) is 9.70. The van der Waals surface area contributed by atoms with Gasteiger partial charge in [0.25, 0.3) is 0 Å². The molecule has 4 nitrogen and oxygen atoms in total. The molecule has 0 amide bonds. The van der Waals surface area contributed by atoms with Gasteiger partial charge in [-0.25, -0.2) is 0 Å². The fraction of sp³-hybridized carbons (Fsp3) is 0.800. The maximum absolute atomic E-state index is 10.6. The van der Waals surface area contributed by atoms with Gasteiger partial charge in [-0.15, -0.1) is 0 Å². The smallest absolute Gasteiger partial charge is 0.323 e. The average molecular weight is 268 g/mol. The van der Waals surface area contributed by atoms with E-state index in [1.165, 1.54) is 51.4 Å². The highest BCUT2D eigenvalue weighted by molar-refractivity contribution is 5.69. The van der Waals surface area contributed by atoms with Gasteiger partial charge in [0.2, 0.25) is 0 Å². The van der Waals surface area contributed by atoms with Crippen molar-refractivity contribution in [2.24, 2.45) is 0 Å². The first-order valence-electron chi connectivity index (χ1n) is 7.60. The molecule has 0 unspecified atom stereocenters. The Labute approximate surface area is 117 Å². The molecule has 1 heterocycles. The van der Waals surface area contributed by atoms with Crippen molar-refractivity contribution in [1.29, 1.82) is 0 Å². The SMILES string of the molecule is CCCCCCCCCCN1C=CN(CC(=O)O)C1. The van der Waals surface area contributed by atoms with Crippen LogP contribution in [0, 0.1) is 0 Å². The van der Waals surface area contributed by atoms with Gasteiger partial charge in [0, 0.05) is 18.9 Å². The fourth-order valence-corrected chi connectivity index (χ4v) is 2.39. The molecule has 110 valence electrons. The number of hydrogen-bond acceptors (Lipinski definition) is 3. The third-order valence-electron chi connectivity index (χ3n) is 3.49. The summed E-state index contributed by atoms with van der Waals surface area (Å²) in [5, 5.41) is 8.70. The van der Waals surface area contributed by atoms with Crippen molar-refractivity contribution in [1.82, 2.24) is 9.80 Å². The quantitative estimate of drug-likeness (QED) is 0.584. The molecule has 1 N–H and O–H groups in total. The van der Waals surface area contributed by atoms with Crippen LogP contribution >= 0.6 is 0 Å². The van der Waals surface area contributed by atoms with Gasteiger partial charge in [-0.1, -0.05) is 51.9 Å². The van der Waals surface area contributed by atoms with Gasteiger partial charge >= 0.3 is 5.97 Å². The first-order valence-corrected chi connectivity index (χ1v) is 7.60. The highest BCUT2D eigenvalue weighted by Crippen LogP contribution is 2.11. The monoisotopic (exact) mass is 268 g/mol. The van der Waals surface area contributed by atoms with Crippen LogP contribution in [0.15, 0.2) is 12.4 Å². The molecule has 0 aromatic heterocycles. The molecule has 0 aromatic carbocycles. The summed E-state index contributed by atoms with van der Waals surface area (Å²) >= 11 is 0. The van der Waals surface area contributed by atoms with Crippen molar-refractivity contribution in [3.63, 3.8) is 0 Å². The Kier molecular flexibility index (Phi) is 8.10.